The predicted molar refractivity (Wildman–Crippen MR) is 123 cm³/mol. The first-order chi connectivity index (χ1) is 16.2. The van der Waals surface area contributed by atoms with E-state index in [-0.39, 0.29) is 19.6 Å². The largest absolute Gasteiger partial charge is 0.460 e. The molecule has 0 saturated carbocycles. The number of carbonyl (C=O) groups excluding carboxylic acids is 3. The second-order valence-electron chi connectivity index (χ2n) is 9.18. The monoisotopic (exact) mass is 472 g/mol. The number of benzene rings is 1. The molecule has 1 aliphatic rings. The Kier molecular flexibility index (Phi) is 8.55. The number of nitrogens with one attached hydrogen (secondary N) is 1. The van der Waals surface area contributed by atoms with E-state index in [4.69, 9.17) is 9.47 Å². The summed E-state index contributed by atoms with van der Waals surface area (Å²) in [4.78, 5) is 40.9. The maximum atomic E-state index is 13.0. The van der Waals surface area contributed by atoms with Crippen LogP contribution in [0.15, 0.2) is 30.3 Å². The van der Waals surface area contributed by atoms with E-state index in [1.807, 2.05) is 35.2 Å². The van der Waals surface area contributed by atoms with Crippen LogP contribution in [0.2, 0.25) is 0 Å². The third kappa shape index (κ3) is 8.13. The Balaban J connectivity index is 1.62. The number of alkyl carbamates (subject to hydrolysis) is 1. The van der Waals surface area contributed by atoms with Crippen molar-refractivity contribution in [3.05, 3.63) is 35.9 Å². The van der Waals surface area contributed by atoms with Crippen molar-refractivity contribution in [1.82, 2.24) is 25.5 Å². The van der Waals surface area contributed by atoms with Crippen LogP contribution in [0.5, 0.6) is 0 Å². The number of ketones is 1. The molecule has 1 N–H and O–H groups in total. The van der Waals surface area contributed by atoms with Gasteiger partial charge < -0.3 is 19.7 Å². The van der Waals surface area contributed by atoms with Crippen molar-refractivity contribution in [2.75, 3.05) is 18.0 Å². The van der Waals surface area contributed by atoms with E-state index >= 15 is 0 Å². The molecular weight excluding hydrogens is 440 g/mol. The molecule has 0 aliphatic carbocycles. The highest BCUT2D eigenvalue weighted by Gasteiger charge is 2.28. The zero-order valence-corrected chi connectivity index (χ0v) is 19.9. The summed E-state index contributed by atoms with van der Waals surface area (Å²) in [6.45, 7) is 6.64. The van der Waals surface area contributed by atoms with Gasteiger partial charge >= 0.3 is 12.1 Å². The standard InChI is InChI=1S/C23H32N6O5/c1-23(2,3)34-20(31)14-18(24-22(32)33-16-17-10-6-4-7-11-17)19(30)15-29-26-21(25-27-29)28-12-8-5-9-13-28/h4,6-7,10-11,18H,5,8-9,12-16H2,1-3H3,(H,24,32). The number of anilines is 1. The molecule has 11 nitrogen and oxygen atoms in total. The molecule has 3 rings (SSSR count). The van der Waals surface area contributed by atoms with Gasteiger partial charge in [0, 0.05) is 13.1 Å². The van der Waals surface area contributed by atoms with E-state index in [2.05, 4.69) is 20.7 Å². The van der Waals surface area contributed by atoms with Gasteiger partial charge in [-0.25, -0.2) is 4.79 Å². The Morgan fingerprint density at radius 1 is 1.09 bits per heavy atom. The van der Waals surface area contributed by atoms with Crippen molar-refractivity contribution < 1.29 is 23.9 Å². The summed E-state index contributed by atoms with van der Waals surface area (Å²) < 4.78 is 10.5. The molecule has 1 amide bonds. The van der Waals surface area contributed by atoms with Crippen molar-refractivity contribution >= 4 is 23.8 Å². The summed E-state index contributed by atoms with van der Waals surface area (Å²) in [6, 6.07) is 7.97. The van der Waals surface area contributed by atoms with Crippen LogP contribution in [0.3, 0.4) is 0 Å². The Morgan fingerprint density at radius 2 is 1.79 bits per heavy atom. The number of tetrazole rings is 1. The summed E-state index contributed by atoms with van der Waals surface area (Å²) in [5, 5.41) is 14.8. The van der Waals surface area contributed by atoms with Crippen LogP contribution in [0.4, 0.5) is 10.7 Å². The summed E-state index contributed by atoms with van der Waals surface area (Å²) in [7, 11) is 0. The highest BCUT2D eigenvalue weighted by atomic mass is 16.6. The Labute approximate surface area is 198 Å². The van der Waals surface area contributed by atoms with Gasteiger partial charge in [-0.15, -0.1) is 5.10 Å². The number of hydrogen-bond acceptors (Lipinski definition) is 9. The molecule has 11 heteroatoms. The van der Waals surface area contributed by atoms with Crippen LogP contribution in [0.25, 0.3) is 0 Å². The molecule has 34 heavy (non-hydrogen) atoms. The lowest BCUT2D eigenvalue weighted by atomic mass is 10.1. The molecule has 2 aromatic rings. The number of nitrogens with zero attached hydrogens (tertiary/aromatic N) is 5. The van der Waals surface area contributed by atoms with Crippen LogP contribution < -0.4 is 10.2 Å². The first kappa shape index (κ1) is 25.1. The van der Waals surface area contributed by atoms with Crippen molar-refractivity contribution in [2.45, 2.75) is 71.2 Å². The minimum Gasteiger partial charge on any atom is -0.460 e. The van der Waals surface area contributed by atoms with Crippen LogP contribution in [0, 0.1) is 0 Å². The van der Waals surface area contributed by atoms with E-state index in [1.165, 1.54) is 11.2 Å². The molecule has 1 unspecified atom stereocenters. The van der Waals surface area contributed by atoms with E-state index in [1.54, 1.807) is 20.8 Å². The number of rotatable bonds is 9. The molecule has 1 aromatic carbocycles. The van der Waals surface area contributed by atoms with Gasteiger partial charge in [0.25, 0.3) is 5.95 Å². The number of hydrogen-bond donors (Lipinski definition) is 1. The van der Waals surface area contributed by atoms with Crippen LogP contribution in [-0.4, -0.2) is 62.8 Å². The van der Waals surface area contributed by atoms with Crippen molar-refractivity contribution in [3.63, 3.8) is 0 Å². The molecule has 2 heterocycles. The van der Waals surface area contributed by atoms with Gasteiger partial charge in [-0.3, -0.25) is 9.59 Å². The number of amides is 1. The van der Waals surface area contributed by atoms with Crippen molar-refractivity contribution in [3.8, 4) is 0 Å². The van der Waals surface area contributed by atoms with Crippen molar-refractivity contribution in [2.24, 2.45) is 0 Å². The van der Waals surface area contributed by atoms with E-state index in [0.717, 1.165) is 31.5 Å². The Morgan fingerprint density at radius 3 is 2.47 bits per heavy atom. The topological polar surface area (TPSA) is 129 Å². The number of aromatic nitrogens is 4. The lowest BCUT2D eigenvalue weighted by molar-refractivity contribution is -0.156. The highest BCUT2D eigenvalue weighted by molar-refractivity contribution is 5.90. The van der Waals surface area contributed by atoms with E-state index < -0.39 is 29.5 Å². The quantitative estimate of drug-likeness (QED) is 0.546. The zero-order chi connectivity index (χ0) is 24.6. The number of ether oxygens (including phenoxy) is 2. The van der Waals surface area contributed by atoms with Gasteiger partial charge in [0.2, 0.25) is 0 Å². The van der Waals surface area contributed by atoms with Crippen molar-refractivity contribution in [1.29, 1.82) is 0 Å². The normalized spacial score (nSPS) is 14.9. The Hall–Kier alpha value is -3.50. The fourth-order valence-corrected chi connectivity index (χ4v) is 3.47. The Bertz CT molecular complexity index is 966. The first-order valence-corrected chi connectivity index (χ1v) is 11.4. The van der Waals surface area contributed by atoms with Gasteiger partial charge in [0.15, 0.2) is 5.78 Å². The van der Waals surface area contributed by atoms with Crippen LogP contribution in [-0.2, 0) is 32.2 Å². The number of piperidine rings is 1. The summed E-state index contributed by atoms with van der Waals surface area (Å²) in [6.07, 6.45) is 2.12. The molecule has 184 valence electrons. The molecular formula is C23H32N6O5. The lowest BCUT2D eigenvalue weighted by Crippen LogP contribution is -2.45. The third-order valence-corrected chi connectivity index (χ3v) is 5.06. The molecule has 1 saturated heterocycles. The molecule has 0 spiro atoms. The molecule has 1 atom stereocenters. The molecule has 1 fully saturated rings. The van der Waals surface area contributed by atoms with Gasteiger partial charge in [-0.05, 0) is 50.8 Å². The van der Waals surface area contributed by atoms with E-state index in [0.29, 0.717) is 5.95 Å². The summed E-state index contributed by atoms with van der Waals surface area (Å²) in [5.41, 5.74) is 0.0692. The average Bonchev–Trinajstić information content (AvgIpc) is 3.26. The van der Waals surface area contributed by atoms with Crippen LogP contribution in [0.1, 0.15) is 52.0 Å². The first-order valence-electron chi connectivity index (χ1n) is 11.4. The van der Waals surface area contributed by atoms with Gasteiger partial charge in [-0.1, -0.05) is 35.4 Å². The highest BCUT2D eigenvalue weighted by Crippen LogP contribution is 2.14. The van der Waals surface area contributed by atoms with Crippen LogP contribution >= 0.6 is 0 Å². The summed E-state index contributed by atoms with van der Waals surface area (Å²) in [5.74, 6) is -0.619. The molecule has 0 bridgehead atoms. The molecule has 1 aromatic heterocycles. The third-order valence-electron chi connectivity index (χ3n) is 5.06. The van der Waals surface area contributed by atoms with E-state index in [9.17, 15) is 14.4 Å². The molecule has 1 aliphatic heterocycles. The number of esters is 1. The predicted octanol–water partition coefficient (Wildman–Crippen LogP) is 2.26. The minimum absolute atomic E-state index is 0.0316. The average molecular weight is 473 g/mol. The number of carbonyl (C=O) groups is 3. The van der Waals surface area contributed by atoms with Gasteiger partial charge in [0.1, 0.15) is 24.8 Å². The molecule has 0 radical (unpaired) electrons. The second kappa shape index (κ2) is 11.6. The number of Topliss-reactive ketones (excluding diaryl/α,β-unsaturated/α-hetero) is 1. The second-order valence-corrected chi connectivity index (χ2v) is 9.18. The van der Waals surface area contributed by atoms with Gasteiger partial charge in [-0.2, -0.15) is 4.80 Å². The van der Waals surface area contributed by atoms with Gasteiger partial charge in [0.05, 0.1) is 6.42 Å². The minimum atomic E-state index is -1.16. The maximum Gasteiger partial charge on any atom is 0.408 e. The maximum absolute atomic E-state index is 13.0. The lowest BCUT2D eigenvalue weighted by Gasteiger charge is -2.24. The fourth-order valence-electron chi connectivity index (χ4n) is 3.47. The summed E-state index contributed by atoms with van der Waals surface area (Å²) >= 11 is 0. The zero-order valence-electron chi connectivity index (χ0n) is 19.9. The fraction of sp³-hybridized carbons (Fsp3) is 0.565. The SMILES string of the molecule is CC(C)(C)OC(=O)CC(NC(=O)OCc1ccccc1)C(=O)Cn1nnc(N2CCCCC2)n1. The smallest absolute Gasteiger partial charge is 0.408 e.